The summed E-state index contributed by atoms with van der Waals surface area (Å²) < 4.78 is 22.4. The van der Waals surface area contributed by atoms with E-state index in [4.69, 9.17) is 0 Å². The van der Waals surface area contributed by atoms with Crippen molar-refractivity contribution in [3.63, 3.8) is 0 Å². The third-order valence-corrected chi connectivity index (χ3v) is 3.75. The number of nitrogens with one attached hydrogen (secondary N) is 1. The van der Waals surface area contributed by atoms with E-state index in [0.717, 1.165) is 11.5 Å². The van der Waals surface area contributed by atoms with Gasteiger partial charge in [-0.15, -0.1) is 0 Å². The number of anilines is 1. The Kier molecular flexibility index (Phi) is 4.08. The van der Waals surface area contributed by atoms with Gasteiger partial charge in [0.2, 0.25) is 0 Å². The van der Waals surface area contributed by atoms with Crippen LogP contribution in [0.3, 0.4) is 0 Å². The van der Waals surface area contributed by atoms with Gasteiger partial charge in [0.05, 0.1) is 5.75 Å². The number of pyridine rings is 1. The van der Waals surface area contributed by atoms with Crippen LogP contribution < -0.4 is 5.32 Å². The van der Waals surface area contributed by atoms with Crippen molar-refractivity contribution in [2.24, 2.45) is 0 Å². The zero-order valence-electron chi connectivity index (χ0n) is 9.03. The molecule has 1 heterocycles. The molecule has 1 N–H and O–H groups in total. The molecule has 0 aliphatic rings. The molecule has 4 nitrogen and oxygen atoms in total. The van der Waals surface area contributed by atoms with Crippen molar-refractivity contribution in [1.82, 2.24) is 4.98 Å². The van der Waals surface area contributed by atoms with Crippen LogP contribution in [0, 0.1) is 6.92 Å². The van der Waals surface area contributed by atoms with Crippen molar-refractivity contribution in [3.8, 4) is 0 Å². The Bertz CT molecular complexity index is 415. The molecular formula is C10H16N2O2S. The number of nitrogens with zero attached hydrogens (tertiary/aromatic N) is 1. The molecule has 84 valence electrons. The van der Waals surface area contributed by atoms with Crippen LogP contribution in [0.1, 0.15) is 12.6 Å². The number of hydrogen-bond donors (Lipinski definition) is 1. The SMILES string of the molecule is CCS(=O)(=O)CCNc1cccc(C)n1. The molecule has 0 aliphatic heterocycles. The number of sulfone groups is 1. The molecular weight excluding hydrogens is 212 g/mol. The van der Waals surface area contributed by atoms with Crippen LogP contribution in [-0.4, -0.2) is 31.5 Å². The van der Waals surface area contributed by atoms with Gasteiger partial charge in [0, 0.05) is 18.0 Å². The molecule has 0 saturated carbocycles. The van der Waals surface area contributed by atoms with Crippen LogP contribution in [-0.2, 0) is 9.84 Å². The highest BCUT2D eigenvalue weighted by molar-refractivity contribution is 7.91. The predicted molar refractivity (Wildman–Crippen MR) is 61.8 cm³/mol. The highest BCUT2D eigenvalue weighted by Gasteiger charge is 2.06. The van der Waals surface area contributed by atoms with Crippen molar-refractivity contribution in [1.29, 1.82) is 0 Å². The maximum absolute atomic E-state index is 11.2. The normalized spacial score (nSPS) is 11.3. The van der Waals surface area contributed by atoms with Gasteiger partial charge in [-0.05, 0) is 19.1 Å². The first kappa shape index (κ1) is 12.0. The second-order valence-electron chi connectivity index (χ2n) is 3.33. The van der Waals surface area contributed by atoms with Crippen LogP contribution in [0.25, 0.3) is 0 Å². The van der Waals surface area contributed by atoms with E-state index in [1.54, 1.807) is 6.92 Å². The highest BCUT2D eigenvalue weighted by atomic mass is 32.2. The maximum atomic E-state index is 11.2. The molecule has 1 aromatic rings. The maximum Gasteiger partial charge on any atom is 0.151 e. The third-order valence-electron chi connectivity index (χ3n) is 2.05. The van der Waals surface area contributed by atoms with E-state index in [2.05, 4.69) is 10.3 Å². The highest BCUT2D eigenvalue weighted by Crippen LogP contribution is 2.03. The fourth-order valence-corrected chi connectivity index (χ4v) is 1.82. The number of hydrogen-bond acceptors (Lipinski definition) is 4. The largest absolute Gasteiger partial charge is 0.369 e. The molecule has 0 bridgehead atoms. The Morgan fingerprint density at radius 3 is 2.73 bits per heavy atom. The van der Waals surface area contributed by atoms with Gasteiger partial charge in [-0.2, -0.15) is 0 Å². The van der Waals surface area contributed by atoms with Crippen LogP contribution >= 0.6 is 0 Å². The van der Waals surface area contributed by atoms with Crippen LogP contribution in [0.2, 0.25) is 0 Å². The molecule has 0 saturated heterocycles. The Labute approximate surface area is 90.7 Å². The number of aryl methyl sites for hydroxylation is 1. The minimum atomic E-state index is -2.89. The van der Waals surface area contributed by atoms with Gasteiger partial charge in [0.25, 0.3) is 0 Å². The van der Waals surface area contributed by atoms with Gasteiger partial charge < -0.3 is 5.32 Å². The van der Waals surface area contributed by atoms with Crippen molar-refractivity contribution >= 4 is 15.7 Å². The van der Waals surface area contributed by atoms with Crippen molar-refractivity contribution < 1.29 is 8.42 Å². The molecule has 0 atom stereocenters. The lowest BCUT2D eigenvalue weighted by Gasteiger charge is -2.05. The first-order chi connectivity index (χ1) is 7.03. The molecule has 0 aliphatic carbocycles. The molecule has 1 aromatic heterocycles. The Morgan fingerprint density at radius 1 is 1.40 bits per heavy atom. The fourth-order valence-electron chi connectivity index (χ4n) is 1.12. The average molecular weight is 228 g/mol. The van der Waals surface area contributed by atoms with Gasteiger partial charge in [-0.25, -0.2) is 13.4 Å². The second kappa shape index (κ2) is 5.11. The Balaban J connectivity index is 2.45. The summed E-state index contributed by atoms with van der Waals surface area (Å²) >= 11 is 0. The molecule has 0 aromatic carbocycles. The molecule has 1 rings (SSSR count). The van der Waals surface area contributed by atoms with Gasteiger partial charge in [-0.1, -0.05) is 13.0 Å². The Hall–Kier alpha value is -1.10. The fraction of sp³-hybridized carbons (Fsp3) is 0.500. The van der Waals surface area contributed by atoms with E-state index in [0.29, 0.717) is 6.54 Å². The first-order valence-corrected chi connectivity index (χ1v) is 6.73. The molecule has 0 unspecified atom stereocenters. The smallest absolute Gasteiger partial charge is 0.151 e. The molecule has 15 heavy (non-hydrogen) atoms. The molecule has 0 amide bonds. The van der Waals surface area contributed by atoms with Crippen molar-refractivity contribution in [2.75, 3.05) is 23.4 Å². The molecule has 0 radical (unpaired) electrons. The van der Waals surface area contributed by atoms with Crippen molar-refractivity contribution in [3.05, 3.63) is 23.9 Å². The average Bonchev–Trinajstić information content (AvgIpc) is 2.18. The van der Waals surface area contributed by atoms with E-state index < -0.39 is 9.84 Å². The molecule has 5 heteroatoms. The van der Waals surface area contributed by atoms with E-state index in [9.17, 15) is 8.42 Å². The zero-order valence-corrected chi connectivity index (χ0v) is 9.84. The summed E-state index contributed by atoms with van der Waals surface area (Å²) in [7, 11) is -2.89. The summed E-state index contributed by atoms with van der Waals surface area (Å²) in [6, 6.07) is 5.61. The van der Waals surface area contributed by atoms with Gasteiger partial charge >= 0.3 is 0 Å². The molecule has 0 fully saturated rings. The topological polar surface area (TPSA) is 59.1 Å². The summed E-state index contributed by atoms with van der Waals surface area (Å²) in [5.74, 6) is 1.07. The lowest BCUT2D eigenvalue weighted by molar-refractivity contribution is 0.597. The van der Waals surface area contributed by atoms with Crippen molar-refractivity contribution in [2.45, 2.75) is 13.8 Å². The summed E-state index contributed by atoms with van der Waals surface area (Å²) in [6.07, 6.45) is 0. The van der Waals surface area contributed by atoms with Crippen LogP contribution in [0.15, 0.2) is 18.2 Å². The minimum absolute atomic E-state index is 0.152. The van der Waals surface area contributed by atoms with Crippen LogP contribution in [0.5, 0.6) is 0 Å². The van der Waals surface area contributed by atoms with E-state index in [1.807, 2.05) is 25.1 Å². The van der Waals surface area contributed by atoms with E-state index >= 15 is 0 Å². The Morgan fingerprint density at radius 2 is 2.13 bits per heavy atom. The lowest BCUT2D eigenvalue weighted by atomic mass is 10.4. The molecule has 0 spiro atoms. The summed E-state index contributed by atoms with van der Waals surface area (Å²) in [4.78, 5) is 4.21. The first-order valence-electron chi connectivity index (χ1n) is 4.91. The monoisotopic (exact) mass is 228 g/mol. The summed E-state index contributed by atoms with van der Waals surface area (Å²) in [6.45, 7) is 3.96. The zero-order chi connectivity index (χ0) is 11.3. The standard InChI is InChI=1S/C10H16N2O2S/c1-3-15(13,14)8-7-11-10-6-4-5-9(2)12-10/h4-6H,3,7-8H2,1-2H3,(H,11,12). The predicted octanol–water partition coefficient (Wildman–Crippen LogP) is 1.24. The van der Waals surface area contributed by atoms with E-state index in [1.165, 1.54) is 0 Å². The summed E-state index contributed by atoms with van der Waals surface area (Å²) in [5.41, 5.74) is 0.915. The lowest BCUT2D eigenvalue weighted by Crippen LogP contribution is -2.17. The number of aromatic nitrogens is 1. The quantitative estimate of drug-likeness (QED) is 0.823. The van der Waals surface area contributed by atoms with E-state index in [-0.39, 0.29) is 11.5 Å². The van der Waals surface area contributed by atoms with Gasteiger partial charge in [0.1, 0.15) is 5.82 Å². The van der Waals surface area contributed by atoms with Gasteiger partial charge in [-0.3, -0.25) is 0 Å². The third kappa shape index (κ3) is 4.29. The summed E-state index contributed by atoms with van der Waals surface area (Å²) in [5, 5.41) is 2.99. The van der Waals surface area contributed by atoms with Crippen LogP contribution in [0.4, 0.5) is 5.82 Å². The van der Waals surface area contributed by atoms with Gasteiger partial charge in [0.15, 0.2) is 9.84 Å². The number of rotatable bonds is 5. The second-order valence-corrected chi connectivity index (χ2v) is 5.80. The minimum Gasteiger partial charge on any atom is -0.369 e.